The molecular formula is C19H29NO5. The van der Waals surface area contributed by atoms with E-state index in [0.29, 0.717) is 17.9 Å². The van der Waals surface area contributed by atoms with E-state index in [-0.39, 0.29) is 24.3 Å². The molecule has 0 saturated carbocycles. The number of aliphatic hydroxyl groups excluding tert-OH is 1. The van der Waals surface area contributed by atoms with Crippen LogP contribution < -0.4 is 10.1 Å². The number of ether oxygens (including phenoxy) is 2. The maximum absolute atomic E-state index is 12.6. The van der Waals surface area contributed by atoms with Crippen LogP contribution in [0, 0.1) is 5.92 Å². The lowest BCUT2D eigenvalue weighted by molar-refractivity contribution is -0.141. The summed E-state index contributed by atoms with van der Waals surface area (Å²) < 4.78 is 10.2. The first-order valence-corrected chi connectivity index (χ1v) is 8.40. The zero-order valence-corrected chi connectivity index (χ0v) is 15.7. The third-order valence-corrected chi connectivity index (χ3v) is 3.60. The lowest BCUT2D eigenvalue weighted by Crippen LogP contribution is -2.42. The maximum Gasteiger partial charge on any atom is 0.306 e. The standard InChI is InChI=1S/C19H29NO5/c1-13(10-17(22)24-5)18(23)15-8-6-7-9-16(15)25-12-14(21)11-20-19(2,3)4/h6-9,13-14,20-21H,10-12H2,1-5H3. The van der Waals surface area contributed by atoms with Crippen LogP contribution in [0.4, 0.5) is 0 Å². The van der Waals surface area contributed by atoms with Gasteiger partial charge in [0, 0.05) is 18.0 Å². The van der Waals surface area contributed by atoms with Gasteiger partial charge in [0.05, 0.1) is 19.1 Å². The monoisotopic (exact) mass is 351 g/mol. The molecule has 0 amide bonds. The van der Waals surface area contributed by atoms with Crippen molar-refractivity contribution in [2.45, 2.75) is 45.8 Å². The zero-order valence-electron chi connectivity index (χ0n) is 15.7. The van der Waals surface area contributed by atoms with Crippen molar-refractivity contribution in [3.05, 3.63) is 29.8 Å². The molecule has 0 bridgehead atoms. The minimum atomic E-state index is -0.699. The SMILES string of the molecule is COC(=O)CC(C)C(=O)c1ccccc1OCC(O)CNC(C)(C)C. The molecule has 6 heteroatoms. The first-order chi connectivity index (χ1) is 11.6. The summed E-state index contributed by atoms with van der Waals surface area (Å²) in [4.78, 5) is 23.9. The highest BCUT2D eigenvalue weighted by Gasteiger charge is 2.22. The highest BCUT2D eigenvalue weighted by Crippen LogP contribution is 2.23. The Labute approximate surface area is 149 Å². The van der Waals surface area contributed by atoms with Gasteiger partial charge in [-0.1, -0.05) is 19.1 Å². The van der Waals surface area contributed by atoms with E-state index in [0.717, 1.165) is 0 Å². The van der Waals surface area contributed by atoms with Crippen LogP contribution in [0.1, 0.15) is 44.5 Å². The van der Waals surface area contributed by atoms with Crippen molar-refractivity contribution in [3.63, 3.8) is 0 Å². The Kier molecular flexibility index (Phi) is 8.06. The molecule has 1 rings (SSSR count). The minimum Gasteiger partial charge on any atom is -0.490 e. The van der Waals surface area contributed by atoms with Gasteiger partial charge in [0.15, 0.2) is 5.78 Å². The summed E-state index contributed by atoms with van der Waals surface area (Å²) in [6.45, 7) is 8.17. The Morgan fingerprint density at radius 1 is 1.24 bits per heavy atom. The zero-order chi connectivity index (χ0) is 19.0. The Morgan fingerprint density at radius 3 is 2.48 bits per heavy atom. The number of hydrogen-bond acceptors (Lipinski definition) is 6. The van der Waals surface area contributed by atoms with Crippen LogP contribution in [-0.2, 0) is 9.53 Å². The van der Waals surface area contributed by atoms with Gasteiger partial charge in [-0.05, 0) is 32.9 Å². The topological polar surface area (TPSA) is 84.9 Å². The van der Waals surface area contributed by atoms with Crippen molar-refractivity contribution in [2.75, 3.05) is 20.3 Å². The molecule has 6 nitrogen and oxygen atoms in total. The molecule has 0 aliphatic rings. The second kappa shape index (κ2) is 9.53. The first-order valence-electron chi connectivity index (χ1n) is 8.40. The fraction of sp³-hybridized carbons (Fsp3) is 0.579. The summed E-state index contributed by atoms with van der Waals surface area (Å²) in [6, 6.07) is 6.84. The second-order valence-corrected chi connectivity index (χ2v) is 7.14. The number of rotatable bonds is 9. The maximum atomic E-state index is 12.6. The smallest absolute Gasteiger partial charge is 0.306 e. The third kappa shape index (κ3) is 7.67. The number of Topliss-reactive ketones (excluding diaryl/α,β-unsaturated/α-hetero) is 1. The van der Waals surface area contributed by atoms with Crippen molar-refractivity contribution in [2.24, 2.45) is 5.92 Å². The molecule has 2 unspecified atom stereocenters. The van der Waals surface area contributed by atoms with Gasteiger partial charge in [-0.15, -0.1) is 0 Å². The van der Waals surface area contributed by atoms with Gasteiger partial charge in [0.25, 0.3) is 0 Å². The van der Waals surface area contributed by atoms with Crippen LogP contribution in [0.3, 0.4) is 0 Å². The van der Waals surface area contributed by atoms with E-state index >= 15 is 0 Å². The van der Waals surface area contributed by atoms with Gasteiger partial charge < -0.3 is 19.9 Å². The fourth-order valence-electron chi connectivity index (χ4n) is 2.16. The number of hydrogen-bond donors (Lipinski definition) is 2. The van der Waals surface area contributed by atoms with E-state index in [2.05, 4.69) is 10.1 Å². The summed E-state index contributed by atoms with van der Waals surface area (Å²) >= 11 is 0. The van der Waals surface area contributed by atoms with E-state index in [9.17, 15) is 14.7 Å². The number of β-amino-alcohol motifs (C(OH)–C–C–N with tert-alkyl or cyclic N) is 1. The van der Waals surface area contributed by atoms with Gasteiger partial charge >= 0.3 is 5.97 Å². The molecule has 0 spiro atoms. The van der Waals surface area contributed by atoms with Crippen LogP contribution in [0.2, 0.25) is 0 Å². The van der Waals surface area contributed by atoms with Gasteiger partial charge in [-0.3, -0.25) is 9.59 Å². The number of ketones is 1. The number of esters is 1. The van der Waals surface area contributed by atoms with E-state index in [1.54, 1.807) is 31.2 Å². The number of methoxy groups -OCH3 is 1. The number of para-hydroxylation sites is 1. The van der Waals surface area contributed by atoms with Crippen LogP contribution in [0.5, 0.6) is 5.75 Å². The molecule has 2 N–H and O–H groups in total. The Hall–Kier alpha value is -1.92. The predicted molar refractivity (Wildman–Crippen MR) is 95.8 cm³/mol. The molecule has 0 aliphatic carbocycles. The van der Waals surface area contributed by atoms with Crippen LogP contribution in [-0.4, -0.2) is 48.8 Å². The van der Waals surface area contributed by atoms with Crippen molar-refractivity contribution < 1.29 is 24.2 Å². The molecule has 0 heterocycles. The number of benzene rings is 1. The molecule has 140 valence electrons. The lowest BCUT2D eigenvalue weighted by Gasteiger charge is -2.23. The first kappa shape index (κ1) is 21.1. The van der Waals surface area contributed by atoms with Crippen molar-refractivity contribution >= 4 is 11.8 Å². The molecule has 0 aliphatic heterocycles. The molecule has 0 radical (unpaired) electrons. The van der Waals surface area contributed by atoms with Gasteiger partial charge in [-0.2, -0.15) is 0 Å². The van der Waals surface area contributed by atoms with E-state index < -0.39 is 18.0 Å². The van der Waals surface area contributed by atoms with E-state index in [1.165, 1.54) is 7.11 Å². The summed E-state index contributed by atoms with van der Waals surface area (Å²) in [5, 5.41) is 13.2. The van der Waals surface area contributed by atoms with Gasteiger partial charge in [0.2, 0.25) is 0 Å². The summed E-state index contributed by atoms with van der Waals surface area (Å²) in [5.41, 5.74) is 0.299. The minimum absolute atomic E-state index is 0.0157. The molecule has 0 aromatic heterocycles. The van der Waals surface area contributed by atoms with Crippen molar-refractivity contribution in [1.29, 1.82) is 0 Å². The summed E-state index contributed by atoms with van der Waals surface area (Å²) in [5.74, 6) is -0.727. The van der Waals surface area contributed by atoms with E-state index in [4.69, 9.17) is 4.74 Å². The number of carbonyl (C=O) groups is 2. The van der Waals surface area contributed by atoms with Crippen LogP contribution in [0.15, 0.2) is 24.3 Å². The third-order valence-electron chi connectivity index (χ3n) is 3.60. The Bertz CT molecular complexity index is 579. The molecule has 25 heavy (non-hydrogen) atoms. The number of aliphatic hydroxyl groups is 1. The fourth-order valence-corrected chi connectivity index (χ4v) is 2.16. The average molecular weight is 351 g/mol. The number of nitrogens with one attached hydrogen (secondary N) is 1. The summed E-state index contributed by atoms with van der Waals surface area (Å²) in [7, 11) is 1.30. The predicted octanol–water partition coefficient (Wildman–Crippen LogP) is 2.20. The van der Waals surface area contributed by atoms with E-state index in [1.807, 2.05) is 20.8 Å². The second-order valence-electron chi connectivity index (χ2n) is 7.14. The van der Waals surface area contributed by atoms with Gasteiger partial charge in [-0.25, -0.2) is 0 Å². The van der Waals surface area contributed by atoms with Crippen LogP contribution in [0.25, 0.3) is 0 Å². The lowest BCUT2D eigenvalue weighted by atomic mass is 9.96. The molecule has 1 aromatic carbocycles. The van der Waals surface area contributed by atoms with Crippen molar-refractivity contribution in [3.8, 4) is 5.75 Å². The molecule has 0 fully saturated rings. The highest BCUT2D eigenvalue weighted by molar-refractivity contribution is 6.01. The van der Waals surface area contributed by atoms with Crippen LogP contribution >= 0.6 is 0 Å². The molecule has 1 aromatic rings. The normalized spacial score (nSPS) is 13.8. The average Bonchev–Trinajstić information content (AvgIpc) is 2.56. The Balaban J connectivity index is 2.70. The Morgan fingerprint density at radius 2 is 1.88 bits per heavy atom. The molecule has 2 atom stereocenters. The highest BCUT2D eigenvalue weighted by atomic mass is 16.5. The molecule has 0 saturated heterocycles. The summed E-state index contributed by atoms with van der Waals surface area (Å²) in [6.07, 6.45) is -0.684. The quantitative estimate of drug-likeness (QED) is 0.524. The van der Waals surface area contributed by atoms with Gasteiger partial charge in [0.1, 0.15) is 18.5 Å². The van der Waals surface area contributed by atoms with Crippen molar-refractivity contribution in [1.82, 2.24) is 5.32 Å². The molecular weight excluding hydrogens is 322 g/mol. The largest absolute Gasteiger partial charge is 0.490 e. The number of carbonyl (C=O) groups excluding carboxylic acids is 2.